The van der Waals surface area contributed by atoms with Gasteiger partial charge in [-0.25, -0.2) is 9.78 Å². The van der Waals surface area contributed by atoms with Crippen molar-refractivity contribution in [3.8, 4) is 0 Å². The Labute approximate surface area is 255 Å². The third kappa shape index (κ3) is 6.58. The Morgan fingerprint density at radius 1 is 1.02 bits per heavy atom. The van der Waals surface area contributed by atoms with E-state index in [1.165, 1.54) is 11.0 Å². The Bertz CT molecular complexity index is 1740. The molecule has 0 bridgehead atoms. The molecule has 5 rings (SSSR count). The lowest BCUT2D eigenvalue weighted by Crippen LogP contribution is -2.46. The topological polar surface area (TPSA) is 146 Å². The quantitative estimate of drug-likeness (QED) is 0.200. The molecule has 4 amide bonds. The van der Waals surface area contributed by atoms with Crippen molar-refractivity contribution in [2.75, 3.05) is 32.8 Å². The Morgan fingerprint density at radius 3 is 2.50 bits per heavy atom. The molecule has 1 unspecified atom stereocenters. The Balaban J connectivity index is 1.32. The minimum Gasteiger partial charge on any atom is -0.325 e. The number of aryl methyl sites for hydroxylation is 2. The molecule has 0 radical (unpaired) electrons. The minimum absolute atomic E-state index is 0.243. The molecule has 0 aliphatic carbocycles. The van der Waals surface area contributed by atoms with Gasteiger partial charge in [-0.15, -0.1) is 0 Å². The highest BCUT2D eigenvalue weighted by atomic mass is 16.2. The molecule has 5 N–H and O–H groups in total. The fourth-order valence-electron chi connectivity index (χ4n) is 4.88. The van der Waals surface area contributed by atoms with Crippen molar-refractivity contribution < 1.29 is 14.4 Å². The van der Waals surface area contributed by atoms with Gasteiger partial charge in [0.25, 0.3) is 0 Å². The van der Waals surface area contributed by atoms with E-state index in [2.05, 4.69) is 32.5 Å². The number of anilines is 6. The molecule has 11 nitrogen and oxygen atoms in total. The number of fused-ring (bicyclic) bond motifs is 1. The zero-order valence-corrected chi connectivity index (χ0v) is 24.8. The van der Waals surface area contributed by atoms with Crippen molar-refractivity contribution in [3.63, 3.8) is 0 Å². The van der Waals surface area contributed by atoms with Crippen LogP contribution < -0.4 is 31.5 Å². The molecule has 2 heterocycles. The summed E-state index contributed by atoms with van der Waals surface area (Å²) in [5.41, 5.74) is 12.1. The second-order valence-electron chi connectivity index (χ2n) is 10.6. The first-order chi connectivity index (χ1) is 21.1. The van der Waals surface area contributed by atoms with Gasteiger partial charge in [-0.3, -0.25) is 19.4 Å². The second-order valence-corrected chi connectivity index (χ2v) is 10.6. The third-order valence-corrected chi connectivity index (χ3v) is 7.35. The summed E-state index contributed by atoms with van der Waals surface area (Å²) in [4.78, 5) is 50.4. The van der Waals surface area contributed by atoms with Gasteiger partial charge >= 0.3 is 6.03 Å². The highest BCUT2D eigenvalue weighted by Gasteiger charge is 2.31. The Kier molecular flexibility index (Phi) is 8.68. The number of hydrogen-bond acceptors (Lipinski definition) is 7. The molecule has 1 aliphatic rings. The van der Waals surface area contributed by atoms with Crippen molar-refractivity contribution in [2.24, 2.45) is 5.73 Å². The van der Waals surface area contributed by atoms with Gasteiger partial charge in [-0.2, -0.15) is 4.98 Å². The molecular formula is C33H34N8O3. The minimum atomic E-state index is -0.728. The number of benzene rings is 3. The summed E-state index contributed by atoms with van der Waals surface area (Å²) in [7, 11) is 1.66. The number of nitrogens with one attached hydrogen (secondary N) is 3. The first kappa shape index (κ1) is 29.9. The second kappa shape index (κ2) is 12.8. The van der Waals surface area contributed by atoms with Gasteiger partial charge < -0.3 is 21.7 Å². The molecule has 0 fully saturated rings. The maximum atomic E-state index is 13.6. The largest absolute Gasteiger partial charge is 0.330 e. The number of carbonyl (C=O) groups excluding carboxylic acids is 3. The van der Waals surface area contributed by atoms with Gasteiger partial charge in [0.15, 0.2) is 0 Å². The van der Waals surface area contributed by atoms with Crippen LogP contribution in [-0.2, 0) is 22.6 Å². The van der Waals surface area contributed by atoms with E-state index in [1.807, 2.05) is 62.4 Å². The molecular weight excluding hydrogens is 556 g/mol. The molecule has 0 saturated carbocycles. The van der Waals surface area contributed by atoms with Crippen LogP contribution >= 0.6 is 0 Å². The molecule has 1 aliphatic heterocycles. The van der Waals surface area contributed by atoms with E-state index >= 15 is 0 Å². The molecule has 1 aromatic heterocycles. The van der Waals surface area contributed by atoms with Crippen molar-refractivity contribution >= 4 is 52.4 Å². The standard InChI is InChI=1S/C33H34N8O3/c1-5-29(42)38-27-16-24(13-11-20(27)2)37-32-35-18-23-19-41(33(44)40(4)30(23)39-32)28-17-25(14-12-21(28)3)36-31(43)26(34)15-22-9-7-6-8-10-22/h5-14,16-18,26H,1,15,19,34H2,2-4H3,(H,36,43)(H,38,42)(H,35,37,39). The van der Waals surface area contributed by atoms with Crippen LogP contribution in [0, 0.1) is 13.8 Å². The lowest BCUT2D eigenvalue weighted by atomic mass is 10.1. The predicted molar refractivity (Wildman–Crippen MR) is 173 cm³/mol. The summed E-state index contributed by atoms with van der Waals surface area (Å²) >= 11 is 0. The van der Waals surface area contributed by atoms with Crippen LogP contribution in [0.2, 0.25) is 0 Å². The lowest BCUT2D eigenvalue weighted by Gasteiger charge is -2.35. The van der Waals surface area contributed by atoms with Crippen LogP contribution in [0.4, 0.5) is 39.3 Å². The number of carbonyl (C=O) groups is 3. The summed E-state index contributed by atoms with van der Waals surface area (Å²) in [5.74, 6) is 0.155. The highest BCUT2D eigenvalue weighted by Crippen LogP contribution is 2.33. The Hall–Kier alpha value is -5.55. The van der Waals surface area contributed by atoms with Crippen LogP contribution in [0.15, 0.2) is 85.6 Å². The van der Waals surface area contributed by atoms with Crippen LogP contribution in [0.5, 0.6) is 0 Å². The zero-order chi connectivity index (χ0) is 31.4. The average molecular weight is 591 g/mol. The zero-order valence-electron chi connectivity index (χ0n) is 24.8. The molecule has 224 valence electrons. The van der Waals surface area contributed by atoms with Crippen LogP contribution in [0.3, 0.4) is 0 Å². The lowest BCUT2D eigenvalue weighted by molar-refractivity contribution is -0.117. The predicted octanol–water partition coefficient (Wildman–Crippen LogP) is 5.05. The van der Waals surface area contributed by atoms with Gasteiger partial charge in [0.2, 0.25) is 17.8 Å². The van der Waals surface area contributed by atoms with Crippen LogP contribution in [0.25, 0.3) is 0 Å². The average Bonchev–Trinajstić information content (AvgIpc) is 3.02. The number of aromatic nitrogens is 2. The molecule has 44 heavy (non-hydrogen) atoms. The summed E-state index contributed by atoms with van der Waals surface area (Å²) in [6.07, 6.45) is 3.29. The van der Waals surface area contributed by atoms with E-state index < -0.39 is 6.04 Å². The number of urea groups is 1. The fourth-order valence-corrected chi connectivity index (χ4v) is 4.88. The van der Waals surface area contributed by atoms with Crippen LogP contribution in [0.1, 0.15) is 22.3 Å². The number of hydrogen-bond donors (Lipinski definition) is 4. The Morgan fingerprint density at radius 2 is 1.75 bits per heavy atom. The third-order valence-electron chi connectivity index (χ3n) is 7.35. The highest BCUT2D eigenvalue weighted by molar-refractivity contribution is 6.06. The SMILES string of the molecule is C=CC(=O)Nc1cc(Nc2ncc3c(n2)N(C)C(=O)N(c2cc(NC(=O)C(N)Cc4ccccc4)ccc2C)C3)ccc1C. The number of nitrogens with two attached hydrogens (primary N) is 1. The van der Waals surface area contributed by atoms with Crippen molar-refractivity contribution in [1.29, 1.82) is 0 Å². The van der Waals surface area contributed by atoms with E-state index in [0.29, 0.717) is 40.9 Å². The van der Waals surface area contributed by atoms with Gasteiger partial charge in [-0.1, -0.05) is 49.0 Å². The van der Waals surface area contributed by atoms with Crippen molar-refractivity contribution in [2.45, 2.75) is 32.9 Å². The van der Waals surface area contributed by atoms with E-state index in [1.54, 1.807) is 36.3 Å². The van der Waals surface area contributed by atoms with E-state index in [9.17, 15) is 14.4 Å². The maximum Gasteiger partial charge on any atom is 0.330 e. The maximum absolute atomic E-state index is 13.6. The fraction of sp³-hybridized carbons (Fsp3) is 0.182. The van der Waals surface area contributed by atoms with Crippen molar-refractivity contribution in [3.05, 3.63) is 108 Å². The van der Waals surface area contributed by atoms with E-state index in [0.717, 1.165) is 22.3 Å². The molecule has 1 atom stereocenters. The summed E-state index contributed by atoms with van der Waals surface area (Å²) in [5, 5.41) is 8.82. The summed E-state index contributed by atoms with van der Waals surface area (Å²) in [6.45, 7) is 7.52. The number of nitrogens with zero attached hydrogens (tertiary/aromatic N) is 4. The smallest absolute Gasteiger partial charge is 0.325 e. The van der Waals surface area contributed by atoms with E-state index in [4.69, 9.17) is 5.73 Å². The molecule has 0 saturated heterocycles. The van der Waals surface area contributed by atoms with Crippen LogP contribution in [-0.4, -0.2) is 40.9 Å². The van der Waals surface area contributed by atoms with Gasteiger partial charge in [-0.05, 0) is 67.3 Å². The first-order valence-electron chi connectivity index (χ1n) is 14.1. The monoisotopic (exact) mass is 590 g/mol. The number of rotatable bonds is 9. The number of amides is 4. The van der Waals surface area contributed by atoms with Gasteiger partial charge in [0, 0.05) is 35.9 Å². The van der Waals surface area contributed by atoms with E-state index in [-0.39, 0.29) is 24.4 Å². The summed E-state index contributed by atoms with van der Waals surface area (Å²) < 4.78 is 0. The summed E-state index contributed by atoms with van der Waals surface area (Å²) in [6, 6.07) is 19.5. The molecule has 0 spiro atoms. The first-order valence-corrected chi connectivity index (χ1v) is 14.1. The molecule has 4 aromatic rings. The van der Waals surface area contributed by atoms with Gasteiger partial charge in [0.05, 0.1) is 18.3 Å². The van der Waals surface area contributed by atoms with Gasteiger partial charge in [0.1, 0.15) is 5.82 Å². The molecule has 3 aromatic carbocycles. The van der Waals surface area contributed by atoms with Crippen molar-refractivity contribution in [1.82, 2.24) is 9.97 Å². The molecule has 11 heteroatoms. The normalized spacial score (nSPS) is 13.1.